The molecule has 168 valence electrons. The fourth-order valence-corrected chi connectivity index (χ4v) is 4.70. The molecule has 0 aliphatic carbocycles. The third-order valence-corrected chi connectivity index (χ3v) is 6.44. The quantitative estimate of drug-likeness (QED) is 0.361. The lowest BCUT2D eigenvalue weighted by Crippen LogP contribution is -2.27. The summed E-state index contributed by atoms with van der Waals surface area (Å²) in [5.41, 5.74) is 4.39. The molecule has 0 atom stereocenters. The summed E-state index contributed by atoms with van der Waals surface area (Å²) in [6, 6.07) is 25.3. The molecule has 0 radical (unpaired) electrons. The highest BCUT2D eigenvalue weighted by atomic mass is 32.1. The zero-order valence-electron chi connectivity index (χ0n) is 18.4. The van der Waals surface area contributed by atoms with Crippen LogP contribution in [0.15, 0.2) is 95.4 Å². The third-order valence-electron chi connectivity index (χ3n) is 5.55. The van der Waals surface area contributed by atoms with Crippen molar-refractivity contribution in [2.45, 2.75) is 6.54 Å². The highest BCUT2D eigenvalue weighted by Gasteiger charge is 2.15. The van der Waals surface area contributed by atoms with Crippen molar-refractivity contribution in [1.29, 1.82) is 0 Å². The summed E-state index contributed by atoms with van der Waals surface area (Å²) in [5, 5.41) is 5.27. The maximum absolute atomic E-state index is 13.3. The Morgan fingerprint density at radius 2 is 1.62 bits per heavy atom. The van der Waals surface area contributed by atoms with Crippen molar-refractivity contribution in [3.8, 4) is 28.0 Å². The van der Waals surface area contributed by atoms with Gasteiger partial charge >= 0.3 is 0 Å². The normalized spacial score (nSPS) is 10.9. The number of carbonyl (C=O) groups excluding carboxylic acids is 1. The second-order valence-electron chi connectivity index (χ2n) is 7.73. The van der Waals surface area contributed by atoms with Crippen LogP contribution in [-0.2, 0) is 11.3 Å². The van der Waals surface area contributed by atoms with Gasteiger partial charge < -0.3 is 10.1 Å². The second-order valence-corrected chi connectivity index (χ2v) is 8.59. The Hall–Kier alpha value is -4.23. The van der Waals surface area contributed by atoms with E-state index >= 15 is 0 Å². The van der Waals surface area contributed by atoms with Crippen LogP contribution in [0.1, 0.15) is 0 Å². The molecule has 0 unspecified atom stereocenters. The highest BCUT2D eigenvalue weighted by Crippen LogP contribution is 2.32. The minimum absolute atomic E-state index is 0.129. The molecule has 0 saturated heterocycles. The Labute approximate surface area is 200 Å². The minimum Gasteiger partial charge on any atom is -0.497 e. The lowest BCUT2D eigenvalue weighted by atomic mass is 10.0. The van der Waals surface area contributed by atoms with E-state index in [2.05, 4.69) is 22.4 Å². The van der Waals surface area contributed by atoms with E-state index in [0.29, 0.717) is 21.7 Å². The molecule has 0 saturated carbocycles. The number of amides is 1. The van der Waals surface area contributed by atoms with Crippen LogP contribution in [0.5, 0.6) is 5.75 Å². The monoisotopic (exact) mass is 467 g/mol. The van der Waals surface area contributed by atoms with Crippen molar-refractivity contribution in [1.82, 2.24) is 9.55 Å². The highest BCUT2D eigenvalue weighted by molar-refractivity contribution is 7.17. The largest absolute Gasteiger partial charge is 0.497 e. The van der Waals surface area contributed by atoms with Crippen molar-refractivity contribution < 1.29 is 9.53 Å². The van der Waals surface area contributed by atoms with Crippen LogP contribution in [-0.4, -0.2) is 22.6 Å². The standard InChI is InChI=1S/C27H21N3O3S/c1-33-22-13-11-21(12-14-22)29-24(31)15-30-17-28-26-25(27(30)32)23(16-34-26)20-9-7-19(8-10-20)18-5-3-2-4-6-18/h2-14,16-17H,15H2,1H3,(H,29,31). The van der Waals surface area contributed by atoms with Gasteiger partial charge in [-0.2, -0.15) is 0 Å². The number of nitrogens with one attached hydrogen (secondary N) is 1. The number of nitrogens with zero attached hydrogens (tertiary/aromatic N) is 2. The SMILES string of the molecule is COc1ccc(NC(=O)Cn2cnc3scc(-c4ccc(-c5ccccc5)cc4)c3c2=O)cc1. The Morgan fingerprint density at radius 3 is 2.32 bits per heavy atom. The summed E-state index contributed by atoms with van der Waals surface area (Å²) in [5.74, 6) is 0.392. The number of methoxy groups -OCH3 is 1. The molecule has 0 spiro atoms. The maximum Gasteiger partial charge on any atom is 0.263 e. The van der Waals surface area contributed by atoms with Gasteiger partial charge in [0.2, 0.25) is 5.91 Å². The molecule has 7 heteroatoms. The van der Waals surface area contributed by atoms with E-state index in [1.807, 2.05) is 47.8 Å². The Bertz CT molecular complexity index is 1510. The summed E-state index contributed by atoms with van der Waals surface area (Å²) in [4.78, 5) is 30.9. The second kappa shape index (κ2) is 9.33. The van der Waals surface area contributed by atoms with Crippen LogP contribution in [0.25, 0.3) is 32.5 Å². The summed E-state index contributed by atoms with van der Waals surface area (Å²) in [6.07, 6.45) is 1.43. The molecule has 5 rings (SSSR count). The van der Waals surface area contributed by atoms with Gasteiger partial charge in [0.25, 0.3) is 5.56 Å². The van der Waals surface area contributed by atoms with Crippen molar-refractivity contribution in [3.05, 3.63) is 101 Å². The van der Waals surface area contributed by atoms with Gasteiger partial charge in [-0.15, -0.1) is 11.3 Å². The zero-order valence-corrected chi connectivity index (χ0v) is 19.2. The van der Waals surface area contributed by atoms with Gasteiger partial charge in [-0.05, 0) is 41.0 Å². The van der Waals surface area contributed by atoms with E-state index in [0.717, 1.165) is 22.3 Å². The molecule has 2 heterocycles. The first-order valence-corrected chi connectivity index (χ1v) is 11.6. The molecule has 1 N–H and O–H groups in total. The molecule has 1 amide bonds. The smallest absolute Gasteiger partial charge is 0.263 e. The van der Waals surface area contributed by atoms with E-state index in [-0.39, 0.29) is 18.0 Å². The van der Waals surface area contributed by atoms with Gasteiger partial charge in [0.15, 0.2) is 0 Å². The average molecular weight is 468 g/mol. The molecule has 2 aromatic heterocycles. The van der Waals surface area contributed by atoms with Gasteiger partial charge in [-0.3, -0.25) is 14.2 Å². The number of hydrogen-bond donors (Lipinski definition) is 1. The molecule has 0 aliphatic rings. The summed E-state index contributed by atoms with van der Waals surface area (Å²) in [7, 11) is 1.58. The van der Waals surface area contributed by atoms with Gasteiger partial charge in [0.1, 0.15) is 17.1 Å². The third kappa shape index (κ3) is 4.33. The number of carbonyl (C=O) groups is 1. The van der Waals surface area contributed by atoms with Crippen LogP contribution in [0, 0.1) is 0 Å². The van der Waals surface area contributed by atoms with Crippen molar-refractivity contribution >= 4 is 33.1 Å². The summed E-state index contributed by atoms with van der Waals surface area (Å²) >= 11 is 1.42. The number of benzene rings is 3. The number of rotatable bonds is 6. The van der Waals surface area contributed by atoms with Crippen LogP contribution < -0.4 is 15.6 Å². The van der Waals surface area contributed by atoms with Gasteiger partial charge in [0, 0.05) is 16.6 Å². The van der Waals surface area contributed by atoms with Crippen LogP contribution in [0.3, 0.4) is 0 Å². The number of anilines is 1. The molecule has 6 nitrogen and oxygen atoms in total. The van der Waals surface area contributed by atoms with Crippen LogP contribution >= 0.6 is 11.3 Å². The molecule has 0 fully saturated rings. The molecule has 5 aromatic rings. The summed E-state index contributed by atoms with van der Waals surface area (Å²) < 4.78 is 6.47. The molecule has 0 aliphatic heterocycles. The van der Waals surface area contributed by atoms with E-state index in [1.54, 1.807) is 31.4 Å². The number of fused-ring (bicyclic) bond motifs is 1. The summed E-state index contributed by atoms with van der Waals surface area (Å²) in [6.45, 7) is -0.129. The predicted molar refractivity (Wildman–Crippen MR) is 136 cm³/mol. The Balaban J connectivity index is 1.41. The minimum atomic E-state index is -0.308. The molecular weight excluding hydrogens is 446 g/mol. The van der Waals surface area contributed by atoms with Gasteiger partial charge in [0.05, 0.1) is 18.8 Å². The van der Waals surface area contributed by atoms with E-state index < -0.39 is 0 Å². The van der Waals surface area contributed by atoms with Crippen LogP contribution in [0.2, 0.25) is 0 Å². The fourth-order valence-electron chi connectivity index (χ4n) is 3.80. The van der Waals surface area contributed by atoms with Crippen molar-refractivity contribution in [2.24, 2.45) is 0 Å². The first kappa shape index (κ1) is 21.6. The fraction of sp³-hybridized carbons (Fsp3) is 0.0741. The topological polar surface area (TPSA) is 73.2 Å². The number of aromatic nitrogens is 2. The van der Waals surface area contributed by atoms with Crippen molar-refractivity contribution in [3.63, 3.8) is 0 Å². The van der Waals surface area contributed by atoms with E-state index in [9.17, 15) is 9.59 Å². The van der Waals surface area contributed by atoms with E-state index in [4.69, 9.17) is 4.74 Å². The lowest BCUT2D eigenvalue weighted by molar-refractivity contribution is -0.116. The first-order chi connectivity index (χ1) is 16.6. The average Bonchev–Trinajstić information content (AvgIpc) is 3.32. The number of ether oxygens (including phenoxy) is 1. The molecule has 0 bridgehead atoms. The molecule has 3 aromatic carbocycles. The van der Waals surface area contributed by atoms with Gasteiger partial charge in [-0.25, -0.2) is 4.98 Å². The lowest BCUT2D eigenvalue weighted by Gasteiger charge is -2.09. The van der Waals surface area contributed by atoms with E-state index in [1.165, 1.54) is 22.2 Å². The van der Waals surface area contributed by atoms with Gasteiger partial charge in [-0.1, -0.05) is 54.6 Å². The van der Waals surface area contributed by atoms with Crippen LogP contribution in [0.4, 0.5) is 5.69 Å². The number of hydrogen-bond acceptors (Lipinski definition) is 5. The van der Waals surface area contributed by atoms with Crippen molar-refractivity contribution in [2.75, 3.05) is 12.4 Å². The zero-order chi connectivity index (χ0) is 23.5. The first-order valence-electron chi connectivity index (χ1n) is 10.7. The Kier molecular flexibility index (Phi) is 5.93. The molecular formula is C27H21N3O3S. The number of thiophene rings is 1. The molecule has 34 heavy (non-hydrogen) atoms. The predicted octanol–water partition coefficient (Wildman–Crippen LogP) is 5.44. The Morgan fingerprint density at radius 1 is 0.941 bits per heavy atom. The maximum atomic E-state index is 13.3.